The summed E-state index contributed by atoms with van der Waals surface area (Å²) in [5.74, 6) is 0.865. The van der Waals surface area contributed by atoms with Crippen LogP contribution in [0.15, 0.2) is 24.3 Å². The molecule has 1 amide bonds. The molecule has 1 saturated carbocycles. The number of likely N-dealkylation sites (N-methyl/N-ethyl adjacent to an activating group) is 1. The van der Waals surface area contributed by atoms with Gasteiger partial charge in [0.25, 0.3) is 0 Å². The van der Waals surface area contributed by atoms with E-state index >= 15 is 0 Å². The summed E-state index contributed by atoms with van der Waals surface area (Å²) in [4.78, 5) is 13.8. The van der Waals surface area contributed by atoms with Crippen molar-refractivity contribution in [1.29, 1.82) is 0 Å². The van der Waals surface area contributed by atoms with Gasteiger partial charge >= 0.3 is 0 Å². The van der Waals surface area contributed by atoms with E-state index < -0.39 is 5.54 Å². The summed E-state index contributed by atoms with van der Waals surface area (Å²) < 4.78 is 5.61. The number of hydrogen-bond acceptors (Lipinski definition) is 3. The van der Waals surface area contributed by atoms with Crippen LogP contribution in [0.5, 0.6) is 5.75 Å². The van der Waals surface area contributed by atoms with E-state index in [1.54, 1.807) is 11.9 Å². The first-order valence-corrected chi connectivity index (χ1v) is 6.75. The SMILES string of the molecule is Cc1ccc(OCCN(C)C(=O)C2(N)CCC2)cc1. The smallest absolute Gasteiger partial charge is 0.242 e. The highest BCUT2D eigenvalue weighted by molar-refractivity contribution is 5.86. The van der Waals surface area contributed by atoms with Gasteiger partial charge in [0.15, 0.2) is 0 Å². The Morgan fingerprint density at radius 3 is 2.53 bits per heavy atom. The predicted molar refractivity (Wildman–Crippen MR) is 75.1 cm³/mol. The largest absolute Gasteiger partial charge is 0.492 e. The first kappa shape index (κ1) is 13.9. The summed E-state index contributed by atoms with van der Waals surface area (Å²) >= 11 is 0. The molecule has 0 radical (unpaired) electrons. The zero-order chi connectivity index (χ0) is 13.9. The average Bonchev–Trinajstić information content (AvgIpc) is 2.37. The van der Waals surface area contributed by atoms with Crippen LogP contribution in [0.4, 0.5) is 0 Å². The number of benzene rings is 1. The van der Waals surface area contributed by atoms with Crippen molar-refractivity contribution in [1.82, 2.24) is 4.90 Å². The number of carbonyl (C=O) groups excluding carboxylic acids is 1. The van der Waals surface area contributed by atoms with E-state index in [0.29, 0.717) is 13.2 Å². The zero-order valence-electron chi connectivity index (χ0n) is 11.7. The van der Waals surface area contributed by atoms with Crippen LogP contribution in [0.1, 0.15) is 24.8 Å². The van der Waals surface area contributed by atoms with Gasteiger partial charge in [-0.3, -0.25) is 4.79 Å². The number of carbonyl (C=O) groups is 1. The fraction of sp³-hybridized carbons (Fsp3) is 0.533. The monoisotopic (exact) mass is 262 g/mol. The summed E-state index contributed by atoms with van der Waals surface area (Å²) in [6.45, 7) is 3.09. The van der Waals surface area contributed by atoms with Crippen molar-refractivity contribution in [3.8, 4) is 5.75 Å². The third kappa shape index (κ3) is 3.26. The minimum atomic E-state index is -0.612. The van der Waals surface area contributed by atoms with Crippen molar-refractivity contribution in [2.45, 2.75) is 31.7 Å². The topological polar surface area (TPSA) is 55.6 Å². The molecule has 0 atom stereocenters. The van der Waals surface area contributed by atoms with Crippen LogP contribution in [0.3, 0.4) is 0 Å². The molecule has 1 aromatic carbocycles. The van der Waals surface area contributed by atoms with Crippen molar-refractivity contribution >= 4 is 5.91 Å². The Balaban J connectivity index is 1.76. The quantitative estimate of drug-likeness (QED) is 0.879. The van der Waals surface area contributed by atoms with Gasteiger partial charge < -0.3 is 15.4 Å². The van der Waals surface area contributed by atoms with Gasteiger partial charge in [0.05, 0.1) is 12.1 Å². The molecule has 1 aliphatic rings. The molecule has 19 heavy (non-hydrogen) atoms. The Morgan fingerprint density at radius 1 is 1.37 bits per heavy atom. The first-order valence-electron chi connectivity index (χ1n) is 6.75. The Morgan fingerprint density at radius 2 is 2.00 bits per heavy atom. The van der Waals surface area contributed by atoms with Crippen LogP contribution < -0.4 is 10.5 Å². The van der Waals surface area contributed by atoms with Crippen LogP contribution in [0.25, 0.3) is 0 Å². The predicted octanol–water partition coefficient (Wildman–Crippen LogP) is 1.71. The van der Waals surface area contributed by atoms with Crippen molar-refractivity contribution in [2.24, 2.45) is 5.73 Å². The maximum absolute atomic E-state index is 12.1. The van der Waals surface area contributed by atoms with Crippen LogP contribution in [-0.2, 0) is 4.79 Å². The lowest BCUT2D eigenvalue weighted by atomic mass is 9.77. The maximum Gasteiger partial charge on any atom is 0.242 e. The van der Waals surface area contributed by atoms with Crippen LogP contribution in [0, 0.1) is 6.92 Å². The van der Waals surface area contributed by atoms with Gasteiger partial charge in [-0.1, -0.05) is 17.7 Å². The molecule has 4 heteroatoms. The molecule has 2 rings (SSSR count). The number of nitrogens with zero attached hydrogens (tertiary/aromatic N) is 1. The van der Waals surface area contributed by atoms with E-state index in [0.717, 1.165) is 25.0 Å². The average molecular weight is 262 g/mol. The van der Waals surface area contributed by atoms with E-state index in [4.69, 9.17) is 10.5 Å². The first-order chi connectivity index (χ1) is 9.01. The highest BCUT2D eigenvalue weighted by Gasteiger charge is 2.41. The Labute approximate surface area is 114 Å². The van der Waals surface area contributed by atoms with Crippen molar-refractivity contribution in [3.05, 3.63) is 29.8 Å². The van der Waals surface area contributed by atoms with Crippen molar-refractivity contribution in [3.63, 3.8) is 0 Å². The summed E-state index contributed by atoms with van der Waals surface area (Å²) in [5, 5.41) is 0. The van der Waals surface area contributed by atoms with E-state index in [2.05, 4.69) is 0 Å². The Hall–Kier alpha value is -1.55. The Bertz CT molecular complexity index is 438. The molecule has 0 heterocycles. The van der Waals surface area contributed by atoms with Gasteiger partial charge in [-0.2, -0.15) is 0 Å². The van der Waals surface area contributed by atoms with Crippen LogP contribution in [-0.4, -0.2) is 36.5 Å². The maximum atomic E-state index is 12.1. The molecule has 4 nitrogen and oxygen atoms in total. The number of rotatable bonds is 5. The lowest BCUT2D eigenvalue weighted by Gasteiger charge is -2.39. The molecular weight excluding hydrogens is 240 g/mol. The van der Waals surface area contributed by atoms with Gasteiger partial charge in [-0.05, 0) is 38.3 Å². The normalized spacial score (nSPS) is 16.6. The third-order valence-electron chi connectivity index (χ3n) is 3.73. The third-order valence-corrected chi connectivity index (χ3v) is 3.73. The second-order valence-electron chi connectivity index (χ2n) is 5.40. The van der Waals surface area contributed by atoms with Gasteiger partial charge in [-0.15, -0.1) is 0 Å². The number of ether oxygens (including phenoxy) is 1. The molecule has 1 aliphatic carbocycles. The molecule has 1 aromatic rings. The molecule has 0 unspecified atom stereocenters. The van der Waals surface area contributed by atoms with Gasteiger partial charge in [0.2, 0.25) is 5.91 Å². The summed E-state index contributed by atoms with van der Waals surface area (Å²) in [7, 11) is 1.79. The zero-order valence-corrected chi connectivity index (χ0v) is 11.7. The molecule has 0 spiro atoms. The van der Waals surface area contributed by atoms with E-state index in [9.17, 15) is 4.79 Å². The molecule has 0 bridgehead atoms. The molecule has 2 N–H and O–H groups in total. The molecule has 0 saturated heterocycles. The second-order valence-corrected chi connectivity index (χ2v) is 5.40. The molecule has 1 fully saturated rings. The minimum absolute atomic E-state index is 0.0336. The van der Waals surface area contributed by atoms with Crippen molar-refractivity contribution < 1.29 is 9.53 Å². The fourth-order valence-electron chi connectivity index (χ4n) is 2.19. The number of aryl methyl sites for hydroxylation is 1. The van der Waals surface area contributed by atoms with Gasteiger partial charge in [-0.25, -0.2) is 0 Å². The highest BCUT2D eigenvalue weighted by atomic mass is 16.5. The van der Waals surface area contributed by atoms with Crippen LogP contribution >= 0.6 is 0 Å². The highest BCUT2D eigenvalue weighted by Crippen LogP contribution is 2.30. The number of nitrogens with two attached hydrogens (primary N) is 1. The molecule has 0 aromatic heterocycles. The van der Waals surface area contributed by atoms with Crippen molar-refractivity contribution in [2.75, 3.05) is 20.2 Å². The number of hydrogen-bond donors (Lipinski definition) is 1. The van der Waals surface area contributed by atoms with E-state index in [1.807, 2.05) is 31.2 Å². The van der Waals surface area contributed by atoms with Gasteiger partial charge in [0, 0.05) is 7.05 Å². The Kier molecular flexibility index (Phi) is 4.10. The second kappa shape index (κ2) is 5.61. The van der Waals surface area contributed by atoms with Gasteiger partial charge in [0.1, 0.15) is 12.4 Å². The molecular formula is C15H22N2O2. The van der Waals surface area contributed by atoms with E-state index in [-0.39, 0.29) is 5.91 Å². The minimum Gasteiger partial charge on any atom is -0.492 e. The fourth-order valence-corrected chi connectivity index (χ4v) is 2.19. The number of amides is 1. The van der Waals surface area contributed by atoms with E-state index in [1.165, 1.54) is 5.56 Å². The molecule has 0 aliphatic heterocycles. The lowest BCUT2D eigenvalue weighted by Crippen LogP contribution is -2.59. The van der Waals surface area contributed by atoms with Crippen LogP contribution in [0.2, 0.25) is 0 Å². The molecule has 104 valence electrons. The summed E-state index contributed by atoms with van der Waals surface area (Å²) in [6, 6.07) is 7.89. The standard InChI is InChI=1S/C15H22N2O2/c1-12-4-6-13(7-5-12)19-11-10-17(2)14(18)15(16)8-3-9-15/h4-7H,3,8-11,16H2,1-2H3. The summed E-state index contributed by atoms with van der Waals surface area (Å²) in [6.07, 6.45) is 2.65. The lowest BCUT2D eigenvalue weighted by molar-refractivity contribution is -0.139. The summed E-state index contributed by atoms with van der Waals surface area (Å²) in [5.41, 5.74) is 6.61.